The lowest BCUT2D eigenvalue weighted by molar-refractivity contribution is -0.113. The molecule has 0 fully saturated rings. The molecule has 0 bridgehead atoms. The molecule has 3 nitrogen and oxygen atoms in total. The van der Waals surface area contributed by atoms with Gasteiger partial charge in [0.2, 0.25) is 5.91 Å². The average molecular weight is 356 g/mol. The predicted octanol–water partition coefficient (Wildman–Crippen LogP) is 5.12. The van der Waals surface area contributed by atoms with Crippen LogP contribution in [0, 0.1) is 0 Å². The Hall–Kier alpha value is -1.36. The molecule has 0 aliphatic carbocycles. The van der Waals surface area contributed by atoms with E-state index in [0.29, 0.717) is 16.7 Å². The van der Waals surface area contributed by atoms with Crippen LogP contribution >= 0.6 is 35.0 Å². The number of carbonyl (C=O) groups excluding carboxylic acids is 1. The Morgan fingerprint density at radius 1 is 1.18 bits per heavy atom. The second kappa shape index (κ2) is 8.32. The van der Waals surface area contributed by atoms with Crippen LogP contribution in [0.1, 0.15) is 6.92 Å². The maximum absolute atomic E-state index is 11.9. The average Bonchev–Trinajstić information content (AvgIpc) is 2.49. The number of halogens is 2. The quantitative estimate of drug-likeness (QED) is 0.730. The maximum Gasteiger partial charge on any atom is 0.234 e. The van der Waals surface area contributed by atoms with Gasteiger partial charge in [-0.2, -0.15) is 0 Å². The number of ether oxygens (including phenoxy) is 1. The fraction of sp³-hybridized carbons (Fsp3) is 0.188. The van der Waals surface area contributed by atoms with E-state index in [9.17, 15) is 4.79 Å². The second-order valence-electron chi connectivity index (χ2n) is 4.37. The van der Waals surface area contributed by atoms with Crippen LogP contribution in [-0.4, -0.2) is 18.3 Å². The van der Waals surface area contributed by atoms with Crippen LogP contribution in [0.2, 0.25) is 10.0 Å². The van der Waals surface area contributed by atoms with Crippen molar-refractivity contribution in [1.82, 2.24) is 0 Å². The van der Waals surface area contributed by atoms with Crippen molar-refractivity contribution in [3.63, 3.8) is 0 Å². The topological polar surface area (TPSA) is 38.3 Å². The van der Waals surface area contributed by atoms with Gasteiger partial charge in [0.1, 0.15) is 5.75 Å². The molecular weight excluding hydrogens is 341 g/mol. The van der Waals surface area contributed by atoms with E-state index in [4.69, 9.17) is 27.9 Å². The van der Waals surface area contributed by atoms with E-state index in [-0.39, 0.29) is 11.7 Å². The molecule has 2 aromatic carbocycles. The van der Waals surface area contributed by atoms with Gasteiger partial charge in [-0.05, 0) is 49.4 Å². The molecule has 1 amide bonds. The summed E-state index contributed by atoms with van der Waals surface area (Å²) in [7, 11) is 0. The minimum atomic E-state index is -0.0971. The molecule has 22 heavy (non-hydrogen) atoms. The number of hydrogen-bond donors (Lipinski definition) is 1. The van der Waals surface area contributed by atoms with E-state index >= 15 is 0 Å². The Kier molecular flexibility index (Phi) is 6.43. The van der Waals surface area contributed by atoms with Gasteiger partial charge in [-0.1, -0.05) is 23.2 Å². The molecule has 1 N–H and O–H groups in total. The SMILES string of the molecule is CCOc1ccc(NC(=O)CSc2ccc(Cl)cc2Cl)cc1. The first kappa shape index (κ1) is 17.0. The van der Waals surface area contributed by atoms with Crippen molar-refractivity contribution in [3.8, 4) is 5.75 Å². The van der Waals surface area contributed by atoms with Gasteiger partial charge in [0.25, 0.3) is 0 Å². The molecule has 2 aromatic rings. The monoisotopic (exact) mass is 355 g/mol. The van der Waals surface area contributed by atoms with Crippen molar-refractivity contribution in [2.75, 3.05) is 17.7 Å². The first-order valence-corrected chi connectivity index (χ1v) is 8.43. The Balaban J connectivity index is 1.87. The minimum absolute atomic E-state index is 0.0971. The third kappa shape index (κ3) is 5.13. The van der Waals surface area contributed by atoms with Gasteiger partial charge in [-0.25, -0.2) is 0 Å². The van der Waals surface area contributed by atoms with Gasteiger partial charge < -0.3 is 10.1 Å². The van der Waals surface area contributed by atoms with Crippen molar-refractivity contribution in [3.05, 3.63) is 52.5 Å². The molecule has 0 aliphatic heterocycles. The van der Waals surface area contributed by atoms with Crippen molar-refractivity contribution in [2.45, 2.75) is 11.8 Å². The standard InChI is InChI=1S/C16H15Cl2NO2S/c1-2-21-13-6-4-12(5-7-13)19-16(20)10-22-15-8-3-11(17)9-14(15)18/h3-9H,2,10H2,1H3,(H,19,20). The van der Waals surface area contributed by atoms with Crippen LogP contribution in [0.15, 0.2) is 47.4 Å². The van der Waals surface area contributed by atoms with Crippen LogP contribution < -0.4 is 10.1 Å². The smallest absolute Gasteiger partial charge is 0.234 e. The summed E-state index contributed by atoms with van der Waals surface area (Å²) in [4.78, 5) is 12.8. The van der Waals surface area contributed by atoms with Crippen molar-refractivity contribution in [1.29, 1.82) is 0 Å². The molecule has 116 valence electrons. The molecular formula is C16H15Cl2NO2S. The summed E-state index contributed by atoms with van der Waals surface area (Å²) in [6, 6.07) is 12.5. The molecule has 0 aromatic heterocycles. The largest absolute Gasteiger partial charge is 0.494 e. The van der Waals surface area contributed by atoms with E-state index in [1.165, 1.54) is 11.8 Å². The summed E-state index contributed by atoms with van der Waals surface area (Å²) >= 11 is 13.3. The first-order valence-electron chi connectivity index (χ1n) is 6.69. The summed E-state index contributed by atoms with van der Waals surface area (Å²) in [6.45, 7) is 2.54. The number of amides is 1. The van der Waals surface area contributed by atoms with Crippen LogP contribution in [-0.2, 0) is 4.79 Å². The van der Waals surface area contributed by atoms with Crippen molar-refractivity contribution >= 4 is 46.6 Å². The van der Waals surface area contributed by atoms with Gasteiger partial charge in [0, 0.05) is 15.6 Å². The predicted molar refractivity (Wildman–Crippen MR) is 93.4 cm³/mol. The first-order chi connectivity index (χ1) is 10.6. The zero-order chi connectivity index (χ0) is 15.9. The van der Waals surface area contributed by atoms with Crippen LogP contribution in [0.5, 0.6) is 5.75 Å². The lowest BCUT2D eigenvalue weighted by Crippen LogP contribution is -2.13. The van der Waals surface area contributed by atoms with Crippen LogP contribution in [0.25, 0.3) is 0 Å². The van der Waals surface area contributed by atoms with E-state index < -0.39 is 0 Å². The van der Waals surface area contributed by atoms with E-state index in [1.807, 2.05) is 31.2 Å². The number of benzene rings is 2. The summed E-state index contributed by atoms with van der Waals surface area (Å²) < 4.78 is 5.35. The number of hydrogen-bond acceptors (Lipinski definition) is 3. The number of anilines is 1. The highest BCUT2D eigenvalue weighted by molar-refractivity contribution is 8.00. The van der Waals surface area contributed by atoms with Gasteiger partial charge in [-0.3, -0.25) is 4.79 Å². The number of carbonyl (C=O) groups is 1. The van der Waals surface area contributed by atoms with Gasteiger partial charge >= 0.3 is 0 Å². The Morgan fingerprint density at radius 2 is 1.91 bits per heavy atom. The van der Waals surface area contributed by atoms with Gasteiger partial charge in [0.15, 0.2) is 0 Å². The number of thioether (sulfide) groups is 1. The van der Waals surface area contributed by atoms with Gasteiger partial charge in [-0.15, -0.1) is 11.8 Å². The highest BCUT2D eigenvalue weighted by atomic mass is 35.5. The van der Waals surface area contributed by atoms with Crippen molar-refractivity contribution < 1.29 is 9.53 Å². The number of nitrogens with one attached hydrogen (secondary N) is 1. The normalized spacial score (nSPS) is 10.3. The summed E-state index contributed by atoms with van der Waals surface area (Å²) in [5.41, 5.74) is 0.733. The fourth-order valence-corrected chi connectivity index (χ4v) is 3.03. The minimum Gasteiger partial charge on any atom is -0.494 e. The van der Waals surface area contributed by atoms with Gasteiger partial charge in [0.05, 0.1) is 17.4 Å². The van der Waals surface area contributed by atoms with Crippen LogP contribution in [0.3, 0.4) is 0 Å². The lowest BCUT2D eigenvalue weighted by Gasteiger charge is -2.08. The summed E-state index contributed by atoms with van der Waals surface area (Å²) in [6.07, 6.45) is 0. The third-order valence-electron chi connectivity index (χ3n) is 2.70. The highest BCUT2D eigenvalue weighted by Crippen LogP contribution is 2.29. The molecule has 0 aliphatic rings. The third-order valence-corrected chi connectivity index (χ3v) is 4.44. The van der Waals surface area contributed by atoms with Crippen molar-refractivity contribution in [2.24, 2.45) is 0 Å². The Labute approximate surface area is 144 Å². The highest BCUT2D eigenvalue weighted by Gasteiger charge is 2.07. The summed E-state index contributed by atoms with van der Waals surface area (Å²) in [5.74, 6) is 0.956. The Bertz CT molecular complexity index is 647. The molecule has 0 spiro atoms. The van der Waals surface area contributed by atoms with E-state index in [1.54, 1.807) is 18.2 Å². The molecule has 0 radical (unpaired) electrons. The molecule has 0 saturated carbocycles. The van der Waals surface area contributed by atoms with E-state index in [2.05, 4.69) is 5.32 Å². The molecule has 0 atom stereocenters. The second-order valence-corrected chi connectivity index (χ2v) is 6.23. The lowest BCUT2D eigenvalue weighted by atomic mass is 10.3. The van der Waals surface area contributed by atoms with Crippen LogP contribution in [0.4, 0.5) is 5.69 Å². The molecule has 0 saturated heterocycles. The molecule has 2 rings (SSSR count). The maximum atomic E-state index is 11.9. The molecule has 0 unspecified atom stereocenters. The molecule has 6 heteroatoms. The van der Waals surface area contributed by atoms with E-state index in [0.717, 1.165) is 16.3 Å². The molecule has 0 heterocycles. The summed E-state index contributed by atoms with van der Waals surface area (Å²) in [5, 5.41) is 3.95. The number of rotatable bonds is 6. The fourth-order valence-electron chi connectivity index (χ4n) is 1.73. The Morgan fingerprint density at radius 3 is 2.55 bits per heavy atom. The zero-order valence-corrected chi connectivity index (χ0v) is 14.3. The zero-order valence-electron chi connectivity index (χ0n) is 11.9.